The second-order valence-electron chi connectivity index (χ2n) is 4.80. The zero-order valence-electron chi connectivity index (χ0n) is 11.4. The summed E-state index contributed by atoms with van der Waals surface area (Å²) in [4.78, 5) is 0. The summed E-state index contributed by atoms with van der Waals surface area (Å²) < 4.78 is 15.2. The molecule has 0 saturated carbocycles. The molecular formula is C16H19NO2Sn. The van der Waals surface area contributed by atoms with Crippen molar-refractivity contribution in [2.24, 2.45) is 0 Å². The second-order valence-corrected chi connectivity index (χ2v) is 13.3. The van der Waals surface area contributed by atoms with Crippen LogP contribution in [0, 0.1) is 0 Å². The zero-order chi connectivity index (χ0) is 13.7. The summed E-state index contributed by atoms with van der Waals surface area (Å²) in [5, 5.41) is 3.31. The predicted molar refractivity (Wildman–Crippen MR) is 82.7 cm³/mol. The summed E-state index contributed by atoms with van der Waals surface area (Å²) in [7, 11) is 0. The molecule has 1 heterocycles. The molecule has 104 valence electrons. The minimum absolute atomic E-state index is 0.708. The van der Waals surface area contributed by atoms with Crippen LogP contribution < -0.4 is 12.5 Å². The van der Waals surface area contributed by atoms with Gasteiger partial charge in [0.05, 0.1) is 0 Å². The number of hydrogen-bond acceptors (Lipinski definition) is 3. The van der Waals surface area contributed by atoms with Gasteiger partial charge in [0.25, 0.3) is 0 Å². The maximum atomic E-state index is 6.37. The van der Waals surface area contributed by atoms with Crippen LogP contribution in [0.4, 0.5) is 0 Å². The molecule has 0 atom stereocenters. The van der Waals surface area contributed by atoms with Crippen LogP contribution in [0.5, 0.6) is 0 Å². The van der Waals surface area contributed by atoms with Crippen molar-refractivity contribution in [2.75, 3.05) is 26.3 Å². The van der Waals surface area contributed by atoms with E-state index < -0.39 is 19.2 Å². The standard InChI is InChI=1S/2C6H5.C4H9NO2.Sn/c2*1-2-4-6-5-3-1;6-3-1-5-2-4-7;/h2*1-5H;5H,1-4H2;/q;;-2;+2. The fraction of sp³-hybridized carbons (Fsp3) is 0.250. The topological polar surface area (TPSA) is 30.5 Å². The van der Waals surface area contributed by atoms with Crippen molar-refractivity contribution in [1.82, 2.24) is 5.32 Å². The first-order valence-corrected chi connectivity index (χ1v) is 12.2. The van der Waals surface area contributed by atoms with E-state index in [0.29, 0.717) is 13.2 Å². The summed E-state index contributed by atoms with van der Waals surface area (Å²) in [6, 6.07) is 21.0. The van der Waals surface area contributed by atoms with E-state index in [1.54, 1.807) is 0 Å². The Morgan fingerprint density at radius 3 is 1.60 bits per heavy atom. The number of hydrogen-bond donors (Lipinski definition) is 1. The van der Waals surface area contributed by atoms with Crippen molar-refractivity contribution in [3.05, 3.63) is 60.7 Å². The Balaban J connectivity index is 2.06. The molecular weight excluding hydrogens is 357 g/mol. The van der Waals surface area contributed by atoms with Crippen molar-refractivity contribution in [3.63, 3.8) is 0 Å². The van der Waals surface area contributed by atoms with Gasteiger partial charge in [0.15, 0.2) is 0 Å². The fourth-order valence-corrected chi connectivity index (χ4v) is 11.4. The number of nitrogens with one attached hydrogen (secondary N) is 1. The third-order valence-corrected chi connectivity index (χ3v) is 13.2. The molecule has 2 aromatic rings. The summed E-state index contributed by atoms with van der Waals surface area (Å²) >= 11 is -3.46. The van der Waals surface area contributed by atoms with Crippen LogP contribution in [0.15, 0.2) is 60.7 Å². The van der Waals surface area contributed by atoms with Crippen molar-refractivity contribution in [1.29, 1.82) is 0 Å². The third-order valence-electron chi connectivity index (χ3n) is 3.48. The van der Waals surface area contributed by atoms with E-state index >= 15 is 0 Å². The molecule has 0 spiro atoms. The van der Waals surface area contributed by atoms with Crippen LogP contribution in [-0.2, 0) is 6.15 Å². The molecule has 4 heteroatoms. The first-order chi connectivity index (χ1) is 9.92. The molecule has 0 amide bonds. The van der Waals surface area contributed by atoms with Gasteiger partial charge in [-0.2, -0.15) is 0 Å². The van der Waals surface area contributed by atoms with Gasteiger partial charge in [0.1, 0.15) is 0 Å². The van der Waals surface area contributed by atoms with Crippen LogP contribution in [-0.4, -0.2) is 45.5 Å². The van der Waals surface area contributed by atoms with Crippen molar-refractivity contribution >= 4 is 26.4 Å². The Labute approximate surface area is 124 Å². The average molecular weight is 376 g/mol. The maximum absolute atomic E-state index is 6.37. The van der Waals surface area contributed by atoms with Crippen LogP contribution in [0.25, 0.3) is 0 Å². The van der Waals surface area contributed by atoms with Gasteiger partial charge in [-0.15, -0.1) is 0 Å². The third kappa shape index (κ3) is 2.91. The van der Waals surface area contributed by atoms with E-state index in [2.05, 4.69) is 53.8 Å². The first-order valence-electron chi connectivity index (χ1n) is 7.01. The molecule has 1 fully saturated rings. The molecule has 2 aromatic carbocycles. The molecule has 1 saturated heterocycles. The molecule has 3 rings (SSSR count). The Bertz CT molecular complexity index is 483. The summed E-state index contributed by atoms with van der Waals surface area (Å²) in [5.74, 6) is 0. The number of rotatable bonds is 2. The minimum atomic E-state index is -3.46. The van der Waals surface area contributed by atoms with Crippen molar-refractivity contribution in [3.8, 4) is 0 Å². The van der Waals surface area contributed by atoms with E-state index in [0.717, 1.165) is 13.1 Å². The zero-order valence-corrected chi connectivity index (χ0v) is 14.3. The van der Waals surface area contributed by atoms with Crippen LogP contribution in [0.3, 0.4) is 0 Å². The molecule has 3 nitrogen and oxygen atoms in total. The predicted octanol–water partition coefficient (Wildman–Crippen LogP) is 0.879. The molecule has 0 aliphatic carbocycles. The van der Waals surface area contributed by atoms with Crippen molar-refractivity contribution < 1.29 is 6.15 Å². The summed E-state index contributed by atoms with van der Waals surface area (Å²) in [6.45, 7) is 3.20. The van der Waals surface area contributed by atoms with Gasteiger partial charge in [0.2, 0.25) is 0 Å². The van der Waals surface area contributed by atoms with Gasteiger partial charge in [-0.25, -0.2) is 0 Å². The van der Waals surface area contributed by atoms with Gasteiger partial charge < -0.3 is 0 Å². The van der Waals surface area contributed by atoms with Gasteiger partial charge in [0, 0.05) is 0 Å². The second kappa shape index (κ2) is 6.72. The summed E-state index contributed by atoms with van der Waals surface area (Å²) in [5.41, 5.74) is 0. The van der Waals surface area contributed by atoms with Gasteiger partial charge in [-0.3, -0.25) is 0 Å². The Hall–Kier alpha value is -0.881. The molecule has 20 heavy (non-hydrogen) atoms. The van der Waals surface area contributed by atoms with E-state index in [9.17, 15) is 0 Å². The monoisotopic (exact) mass is 377 g/mol. The molecule has 0 radical (unpaired) electrons. The normalized spacial score (nSPS) is 19.0. The molecule has 0 bridgehead atoms. The first kappa shape index (κ1) is 14.1. The average Bonchev–Trinajstić information content (AvgIpc) is 2.49. The Morgan fingerprint density at radius 1 is 0.700 bits per heavy atom. The van der Waals surface area contributed by atoms with Crippen LogP contribution >= 0.6 is 0 Å². The van der Waals surface area contributed by atoms with E-state index in [4.69, 9.17) is 6.15 Å². The molecule has 1 aliphatic heterocycles. The van der Waals surface area contributed by atoms with Crippen LogP contribution in [0.2, 0.25) is 0 Å². The van der Waals surface area contributed by atoms with E-state index in [-0.39, 0.29) is 0 Å². The van der Waals surface area contributed by atoms with Gasteiger partial charge in [-0.05, 0) is 0 Å². The molecule has 1 N–H and O–H groups in total. The van der Waals surface area contributed by atoms with Crippen LogP contribution in [0.1, 0.15) is 0 Å². The van der Waals surface area contributed by atoms with E-state index in [1.807, 2.05) is 12.1 Å². The Morgan fingerprint density at radius 2 is 1.15 bits per heavy atom. The quantitative estimate of drug-likeness (QED) is 0.790. The van der Waals surface area contributed by atoms with Gasteiger partial charge >= 0.3 is 125 Å². The van der Waals surface area contributed by atoms with Crippen molar-refractivity contribution in [2.45, 2.75) is 0 Å². The molecule has 1 aliphatic rings. The number of benzene rings is 2. The molecule has 0 aromatic heterocycles. The Kier molecular flexibility index (Phi) is 4.73. The SMILES string of the molecule is c1cc[c]([Sn]2([c]3ccccc3)[O]CCNCC[O]2)cc1. The van der Waals surface area contributed by atoms with Gasteiger partial charge in [-0.1, -0.05) is 0 Å². The fourth-order valence-electron chi connectivity index (χ4n) is 2.52. The summed E-state index contributed by atoms with van der Waals surface area (Å²) in [6.07, 6.45) is 0. The molecule has 0 unspecified atom stereocenters. The van der Waals surface area contributed by atoms with E-state index in [1.165, 1.54) is 7.16 Å².